The van der Waals surface area contributed by atoms with Crippen LogP contribution in [0.5, 0.6) is 0 Å². The monoisotopic (exact) mass is 399 g/mol. The highest BCUT2D eigenvalue weighted by atomic mass is 32.2. The summed E-state index contributed by atoms with van der Waals surface area (Å²) in [5, 5.41) is 8.58. The number of fused-ring (bicyclic) bond motifs is 1. The quantitative estimate of drug-likeness (QED) is 0.727. The average molecular weight is 399 g/mol. The molecule has 0 unspecified atom stereocenters. The topological polar surface area (TPSA) is 92.5 Å². The minimum absolute atomic E-state index is 0.0531. The van der Waals surface area contributed by atoms with Crippen LogP contribution in [0.1, 0.15) is 24.3 Å². The van der Waals surface area contributed by atoms with E-state index in [1.165, 1.54) is 4.31 Å². The van der Waals surface area contributed by atoms with Gasteiger partial charge in [-0.3, -0.25) is 4.79 Å². The molecule has 0 spiro atoms. The number of sulfonamides is 1. The van der Waals surface area contributed by atoms with Crippen LogP contribution in [-0.2, 0) is 14.8 Å². The van der Waals surface area contributed by atoms with Crippen LogP contribution in [0.4, 0.5) is 5.69 Å². The minimum atomic E-state index is -3.87. The first-order chi connectivity index (χ1) is 13.4. The summed E-state index contributed by atoms with van der Waals surface area (Å²) < 4.78 is 32.6. The van der Waals surface area contributed by atoms with Crippen molar-refractivity contribution < 1.29 is 17.7 Å². The Morgan fingerprint density at radius 2 is 1.93 bits per heavy atom. The van der Waals surface area contributed by atoms with Gasteiger partial charge in [0.15, 0.2) is 5.76 Å². The lowest BCUT2D eigenvalue weighted by molar-refractivity contribution is -0.119. The fraction of sp³-hybridized carbons (Fsp3) is 0.300. The van der Waals surface area contributed by atoms with E-state index in [2.05, 4.69) is 10.5 Å². The molecule has 8 heteroatoms. The van der Waals surface area contributed by atoms with Gasteiger partial charge in [-0.15, -0.1) is 0 Å². The maximum absolute atomic E-state index is 13.2. The van der Waals surface area contributed by atoms with Crippen LogP contribution in [-0.4, -0.2) is 36.4 Å². The molecule has 7 nitrogen and oxygen atoms in total. The van der Waals surface area contributed by atoms with Gasteiger partial charge in [0.05, 0.1) is 0 Å². The third-order valence-corrected chi connectivity index (χ3v) is 7.24. The van der Waals surface area contributed by atoms with Gasteiger partial charge in [-0.2, -0.15) is 4.31 Å². The van der Waals surface area contributed by atoms with E-state index in [4.69, 9.17) is 4.52 Å². The predicted molar refractivity (Wildman–Crippen MR) is 105 cm³/mol. The molecule has 2 aromatic carbocycles. The molecule has 3 aromatic rings. The summed E-state index contributed by atoms with van der Waals surface area (Å²) in [4.78, 5) is 13.1. The lowest BCUT2D eigenvalue weighted by Gasteiger charge is -2.23. The number of aryl methyl sites for hydroxylation is 2. The molecule has 1 N–H and O–H groups in total. The minimum Gasteiger partial charge on any atom is -0.360 e. The fourth-order valence-corrected chi connectivity index (χ4v) is 5.75. The van der Waals surface area contributed by atoms with Crippen LogP contribution < -0.4 is 5.32 Å². The zero-order valence-corrected chi connectivity index (χ0v) is 16.5. The lowest BCUT2D eigenvalue weighted by atomic mass is 10.1. The average Bonchev–Trinajstić information content (AvgIpc) is 3.29. The first kappa shape index (κ1) is 18.6. The van der Waals surface area contributed by atoms with E-state index in [0.29, 0.717) is 30.8 Å². The smallest absolute Gasteiger partial charge is 0.249 e. The van der Waals surface area contributed by atoms with Crippen molar-refractivity contribution in [2.24, 2.45) is 0 Å². The molecule has 4 rings (SSSR count). The van der Waals surface area contributed by atoms with Crippen LogP contribution in [0.15, 0.2) is 51.9 Å². The first-order valence-electron chi connectivity index (χ1n) is 9.13. The van der Waals surface area contributed by atoms with Crippen LogP contribution in [0.2, 0.25) is 0 Å². The van der Waals surface area contributed by atoms with E-state index >= 15 is 0 Å². The number of rotatable bonds is 4. The van der Waals surface area contributed by atoms with Crippen LogP contribution in [0.25, 0.3) is 10.8 Å². The number of nitrogens with one attached hydrogen (secondary N) is 1. The van der Waals surface area contributed by atoms with Gasteiger partial charge in [-0.05, 0) is 38.1 Å². The van der Waals surface area contributed by atoms with Crippen molar-refractivity contribution in [2.75, 3.05) is 11.9 Å². The third-order valence-electron chi connectivity index (χ3n) is 5.09. The molecule has 0 saturated carbocycles. The summed E-state index contributed by atoms with van der Waals surface area (Å²) in [6.45, 7) is 3.44. The summed E-state index contributed by atoms with van der Waals surface area (Å²) >= 11 is 0. The van der Waals surface area contributed by atoms with Crippen molar-refractivity contribution in [1.29, 1.82) is 0 Å². The Balaban J connectivity index is 1.64. The molecule has 1 atom stereocenters. The standard InChI is InChI=1S/C20H21N3O4S/c1-13-19(14(2)27-22-13)28(25,26)23-12-6-11-18(23)20(24)21-17-10-5-8-15-7-3-4-9-16(15)17/h3-5,7-10,18H,6,11-12H2,1-2H3,(H,21,24)/t18-/m1/s1. The van der Waals surface area contributed by atoms with Crippen molar-refractivity contribution in [3.8, 4) is 0 Å². The maximum atomic E-state index is 13.2. The second-order valence-electron chi connectivity index (χ2n) is 6.94. The Morgan fingerprint density at radius 1 is 1.18 bits per heavy atom. The van der Waals surface area contributed by atoms with E-state index in [1.807, 2.05) is 42.5 Å². The van der Waals surface area contributed by atoms with E-state index in [-0.39, 0.29) is 16.6 Å². The second-order valence-corrected chi connectivity index (χ2v) is 8.77. The van der Waals surface area contributed by atoms with Gasteiger partial charge in [0.25, 0.3) is 0 Å². The molecule has 1 aliphatic rings. The Bertz CT molecular complexity index is 1130. The Morgan fingerprint density at radius 3 is 2.68 bits per heavy atom. The van der Waals surface area contributed by atoms with Gasteiger partial charge >= 0.3 is 0 Å². The first-order valence-corrected chi connectivity index (χ1v) is 10.6. The van der Waals surface area contributed by atoms with E-state index in [1.54, 1.807) is 13.8 Å². The summed E-state index contributed by atoms with van der Waals surface area (Å²) in [6, 6.07) is 12.6. The fourth-order valence-electron chi connectivity index (χ4n) is 3.80. The predicted octanol–water partition coefficient (Wildman–Crippen LogP) is 3.24. The van der Waals surface area contributed by atoms with Crippen molar-refractivity contribution >= 4 is 32.4 Å². The second kappa shape index (κ2) is 7.03. The molecule has 2 heterocycles. The highest BCUT2D eigenvalue weighted by Gasteiger charge is 2.41. The maximum Gasteiger partial charge on any atom is 0.249 e. The number of anilines is 1. The zero-order valence-electron chi connectivity index (χ0n) is 15.7. The van der Waals surface area contributed by atoms with Gasteiger partial charge in [0, 0.05) is 17.6 Å². The van der Waals surface area contributed by atoms with Gasteiger partial charge in [-0.25, -0.2) is 8.42 Å². The van der Waals surface area contributed by atoms with E-state index in [9.17, 15) is 13.2 Å². The van der Waals surface area contributed by atoms with Crippen LogP contribution in [0.3, 0.4) is 0 Å². The molecular weight excluding hydrogens is 378 g/mol. The summed E-state index contributed by atoms with van der Waals surface area (Å²) in [5.41, 5.74) is 0.974. The molecular formula is C20H21N3O4S. The molecule has 0 radical (unpaired) electrons. The summed E-state index contributed by atoms with van der Waals surface area (Å²) in [6.07, 6.45) is 1.09. The Kier molecular flexibility index (Phi) is 4.68. The molecule has 1 aliphatic heterocycles. The van der Waals surface area contributed by atoms with Gasteiger partial charge in [0.1, 0.15) is 16.6 Å². The van der Waals surface area contributed by atoms with Crippen molar-refractivity contribution in [2.45, 2.75) is 37.6 Å². The largest absolute Gasteiger partial charge is 0.360 e. The SMILES string of the molecule is Cc1noc(C)c1S(=O)(=O)N1CCC[C@@H]1C(=O)Nc1cccc2ccccc12. The van der Waals surface area contributed by atoms with Crippen molar-refractivity contribution in [3.63, 3.8) is 0 Å². The molecule has 1 saturated heterocycles. The molecule has 28 heavy (non-hydrogen) atoms. The Hall–Kier alpha value is -2.71. The molecule has 1 aromatic heterocycles. The number of hydrogen-bond acceptors (Lipinski definition) is 5. The van der Waals surface area contributed by atoms with E-state index in [0.717, 1.165) is 10.8 Å². The van der Waals surface area contributed by atoms with Gasteiger partial charge in [-0.1, -0.05) is 41.6 Å². The number of nitrogens with zero attached hydrogens (tertiary/aromatic N) is 2. The zero-order chi connectivity index (χ0) is 19.9. The van der Waals surface area contributed by atoms with Gasteiger partial charge in [0.2, 0.25) is 15.9 Å². The molecule has 1 fully saturated rings. The molecule has 146 valence electrons. The third kappa shape index (κ3) is 3.08. The number of carbonyl (C=O) groups excluding carboxylic acids is 1. The molecule has 1 amide bonds. The number of amides is 1. The summed E-state index contributed by atoms with van der Waals surface area (Å²) in [7, 11) is -3.87. The van der Waals surface area contributed by atoms with E-state index < -0.39 is 16.1 Å². The number of aromatic nitrogens is 1. The van der Waals surface area contributed by atoms with Crippen LogP contribution >= 0.6 is 0 Å². The van der Waals surface area contributed by atoms with Crippen LogP contribution in [0, 0.1) is 13.8 Å². The molecule has 0 bridgehead atoms. The highest BCUT2D eigenvalue weighted by Crippen LogP contribution is 2.31. The highest BCUT2D eigenvalue weighted by molar-refractivity contribution is 7.89. The van der Waals surface area contributed by atoms with Crippen molar-refractivity contribution in [3.05, 3.63) is 53.9 Å². The Labute approximate surface area is 163 Å². The lowest BCUT2D eigenvalue weighted by Crippen LogP contribution is -2.43. The number of benzene rings is 2. The van der Waals surface area contributed by atoms with Gasteiger partial charge < -0.3 is 9.84 Å². The number of carbonyl (C=O) groups is 1. The summed E-state index contributed by atoms with van der Waals surface area (Å²) in [5.74, 6) is -0.0956. The number of hydrogen-bond donors (Lipinski definition) is 1. The normalized spacial score (nSPS) is 17.9. The molecule has 0 aliphatic carbocycles. The van der Waals surface area contributed by atoms with Crippen molar-refractivity contribution in [1.82, 2.24) is 9.46 Å².